The number of carbonyl (C=O) groups excluding carboxylic acids is 1. The standard InChI is InChI=1S/C12H13ClO/c13-12(14)8-10-6-3-5-9-4-1-2-7-11(9)10/h1-2,4,7,10H,3,5-6,8H2. The van der Waals surface area contributed by atoms with Crippen LogP contribution in [0, 0.1) is 0 Å². The van der Waals surface area contributed by atoms with E-state index >= 15 is 0 Å². The Bertz CT molecular complexity index is 346. The van der Waals surface area contributed by atoms with Gasteiger partial charge in [-0.25, -0.2) is 0 Å². The molecule has 0 spiro atoms. The highest BCUT2D eigenvalue weighted by atomic mass is 35.5. The zero-order chi connectivity index (χ0) is 9.97. The molecule has 1 aliphatic rings. The van der Waals surface area contributed by atoms with Crippen molar-refractivity contribution in [2.45, 2.75) is 31.6 Å². The zero-order valence-electron chi connectivity index (χ0n) is 8.00. The number of hydrogen-bond donors (Lipinski definition) is 0. The van der Waals surface area contributed by atoms with Gasteiger partial charge in [-0.2, -0.15) is 0 Å². The van der Waals surface area contributed by atoms with Crippen molar-refractivity contribution in [1.29, 1.82) is 0 Å². The molecule has 2 heteroatoms. The van der Waals surface area contributed by atoms with E-state index in [1.807, 2.05) is 6.07 Å². The van der Waals surface area contributed by atoms with Gasteiger partial charge in [-0.05, 0) is 47.9 Å². The smallest absolute Gasteiger partial charge is 0.222 e. The lowest BCUT2D eigenvalue weighted by Crippen LogP contribution is -2.11. The summed E-state index contributed by atoms with van der Waals surface area (Å²) < 4.78 is 0. The number of aryl methyl sites for hydroxylation is 1. The van der Waals surface area contributed by atoms with Crippen LogP contribution in [0.25, 0.3) is 0 Å². The second-order valence-corrected chi connectivity index (χ2v) is 4.27. The van der Waals surface area contributed by atoms with E-state index in [9.17, 15) is 4.79 Å². The summed E-state index contributed by atoms with van der Waals surface area (Å²) in [5.41, 5.74) is 2.72. The summed E-state index contributed by atoms with van der Waals surface area (Å²) >= 11 is 5.44. The Morgan fingerprint density at radius 3 is 3.00 bits per heavy atom. The normalized spacial score (nSPS) is 20.2. The first kappa shape index (κ1) is 9.72. The molecule has 1 atom stereocenters. The Balaban J connectivity index is 2.26. The zero-order valence-corrected chi connectivity index (χ0v) is 8.76. The predicted octanol–water partition coefficient (Wildman–Crippen LogP) is 3.26. The molecule has 0 aromatic heterocycles. The van der Waals surface area contributed by atoms with Gasteiger partial charge in [0, 0.05) is 6.42 Å². The summed E-state index contributed by atoms with van der Waals surface area (Å²) in [6, 6.07) is 8.37. The molecule has 1 unspecified atom stereocenters. The molecule has 1 aliphatic carbocycles. The second-order valence-electron chi connectivity index (χ2n) is 3.85. The van der Waals surface area contributed by atoms with Crippen LogP contribution in [0.3, 0.4) is 0 Å². The van der Waals surface area contributed by atoms with Crippen molar-refractivity contribution in [3.05, 3.63) is 35.4 Å². The average molecular weight is 209 g/mol. The Kier molecular flexibility index (Phi) is 2.87. The summed E-state index contributed by atoms with van der Waals surface area (Å²) in [6.07, 6.45) is 3.89. The van der Waals surface area contributed by atoms with Crippen molar-refractivity contribution in [2.75, 3.05) is 0 Å². The third-order valence-corrected chi connectivity index (χ3v) is 3.05. The molecule has 0 saturated carbocycles. The lowest BCUT2D eigenvalue weighted by Gasteiger charge is -2.24. The lowest BCUT2D eigenvalue weighted by molar-refractivity contribution is -0.112. The maximum absolute atomic E-state index is 10.9. The van der Waals surface area contributed by atoms with Gasteiger partial charge in [-0.3, -0.25) is 4.79 Å². The highest BCUT2D eigenvalue weighted by Crippen LogP contribution is 2.34. The Morgan fingerprint density at radius 2 is 2.21 bits per heavy atom. The highest BCUT2D eigenvalue weighted by Gasteiger charge is 2.21. The predicted molar refractivity (Wildman–Crippen MR) is 57.6 cm³/mol. The molecule has 1 aromatic rings. The number of fused-ring (bicyclic) bond motifs is 1. The van der Waals surface area contributed by atoms with Gasteiger partial charge in [-0.1, -0.05) is 24.3 Å². The molecule has 2 rings (SSSR count). The van der Waals surface area contributed by atoms with Gasteiger partial charge in [0.15, 0.2) is 0 Å². The second kappa shape index (κ2) is 4.14. The monoisotopic (exact) mass is 208 g/mol. The van der Waals surface area contributed by atoms with E-state index in [1.54, 1.807) is 0 Å². The third kappa shape index (κ3) is 1.98. The Labute approximate surface area is 89.1 Å². The molecule has 1 nitrogen and oxygen atoms in total. The van der Waals surface area contributed by atoms with Crippen molar-refractivity contribution in [2.24, 2.45) is 0 Å². The molecule has 0 fully saturated rings. The topological polar surface area (TPSA) is 17.1 Å². The SMILES string of the molecule is O=C(Cl)CC1CCCc2ccccc21. The summed E-state index contributed by atoms with van der Waals surface area (Å²) in [4.78, 5) is 10.9. The quantitative estimate of drug-likeness (QED) is 0.682. The van der Waals surface area contributed by atoms with Crippen LogP contribution in [-0.2, 0) is 11.2 Å². The van der Waals surface area contributed by atoms with Gasteiger partial charge in [0.25, 0.3) is 0 Å². The maximum atomic E-state index is 10.9. The lowest BCUT2D eigenvalue weighted by atomic mass is 9.81. The number of benzene rings is 1. The first-order valence-electron chi connectivity index (χ1n) is 5.03. The minimum absolute atomic E-state index is 0.216. The van der Waals surface area contributed by atoms with Crippen molar-refractivity contribution in [3.63, 3.8) is 0 Å². The number of rotatable bonds is 2. The van der Waals surface area contributed by atoms with E-state index in [2.05, 4.69) is 18.2 Å². The molecular formula is C12H13ClO. The van der Waals surface area contributed by atoms with Crippen molar-refractivity contribution >= 4 is 16.8 Å². The van der Waals surface area contributed by atoms with Gasteiger partial charge in [-0.15, -0.1) is 0 Å². The van der Waals surface area contributed by atoms with Gasteiger partial charge < -0.3 is 0 Å². The van der Waals surface area contributed by atoms with Crippen LogP contribution >= 0.6 is 11.6 Å². The molecule has 0 heterocycles. The summed E-state index contributed by atoms with van der Waals surface area (Å²) in [5, 5.41) is -0.216. The largest absolute Gasteiger partial charge is 0.281 e. The molecule has 0 radical (unpaired) electrons. The fourth-order valence-electron chi connectivity index (χ4n) is 2.26. The van der Waals surface area contributed by atoms with E-state index in [4.69, 9.17) is 11.6 Å². The molecule has 0 N–H and O–H groups in total. The maximum Gasteiger partial charge on any atom is 0.222 e. The molecule has 0 bridgehead atoms. The van der Waals surface area contributed by atoms with Crippen molar-refractivity contribution in [3.8, 4) is 0 Å². The molecule has 0 amide bonds. The molecule has 0 aliphatic heterocycles. The average Bonchev–Trinajstić information content (AvgIpc) is 2.18. The third-order valence-electron chi connectivity index (χ3n) is 2.90. The van der Waals surface area contributed by atoms with Crippen molar-refractivity contribution in [1.82, 2.24) is 0 Å². The van der Waals surface area contributed by atoms with Crippen LogP contribution in [0.15, 0.2) is 24.3 Å². The molecule has 14 heavy (non-hydrogen) atoms. The van der Waals surface area contributed by atoms with E-state index in [1.165, 1.54) is 17.5 Å². The minimum Gasteiger partial charge on any atom is -0.281 e. The first-order chi connectivity index (χ1) is 6.77. The molecular weight excluding hydrogens is 196 g/mol. The number of halogens is 1. The Morgan fingerprint density at radius 1 is 1.43 bits per heavy atom. The summed E-state index contributed by atoms with van der Waals surface area (Å²) in [7, 11) is 0. The van der Waals surface area contributed by atoms with Gasteiger partial charge in [0.05, 0.1) is 0 Å². The summed E-state index contributed by atoms with van der Waals surface area (Å²) in [6.45, 7) is 0. The van der Waals surface area contributed by atoms with Crippen LogP contribution in [0.1, 0.15) is 36.3 Å². The van der Waals surface area contributed by atoms with Crippen LogP contribution in [0.5, 0.6) is 0 Å². The van der Waals surface area contributed by atoms with Crippen molar-refractivity contribution < 1.29 is 4.79 Å². The van der Waals surface area contributed by atoms with Crippen LogP contribution in [0.4, 0.5) is 0 Å². The van der Waals surface area contributed by atoms with Gasteiger partial charge >= 0.3 is 0 Å². The fourth-order valence-corrected chi connectivity index (χ4v) is 2.45. The van der Waals surface area contributed by atoms with E-state index < -0.39 is 0 Å². The van der Waals surface area contributed by atoms with Gasteiger partial charge in [0.1, 0.15) is 0 Å². The van der Waals surface area contributed by atoms with E-state index in [-0.39, 0.29) is 5.24 Å². The summed E-state index contributed by atoms with van der Waals surface area (Å²) in [5.74, 6) is 0.352. The molecule has 74 valence electrons. The van der Waals surface area contributed by atoms with Crippen LogP contribution in [0.2, 0.25) is 0 Å². The van der Waals surface area contributed by atoms with E-state index in [0.29, 0.717) is 12.3 Å². The van der Waals surface area contributed by atoms with Gasteiger partial charge in [0.2, 0.25) is 5.24 Å². The first-order valence-corrected chi connectivity index (χ1v) is 5.41. The van der Waals surface area contributed by atoms with Crippen LogP contribution in [-0.4, -0.2) is 5.24 Å². The number of carbonyl (C=O) groups is 1. The minimum atomic E-state index is -0.216. The number of hydrogen-bond acceptors (Lipinski definition) is 1. The fraction of sp³-hybridized carbons (Fsp3) is 0.417. The Hall–Kier alpha value is -0.820. The molecule has 0 saturated heterocycles. The highest BCUT2D eigenvalue weighted by molar-refractivity contribution is 6.63. The van der Waals surface area contributed by atoms with E-state index in [0.717, 1.165) is 12.8 Å². The molecule has 1 aromatic carbocycles. The van der Waals surface area contributed by atoms with Crippen LogP contribution < -0.4 is 0 Å².